The summed E-state index contributed by atoms with van der Waals surface area (Å²) in [6, 6.07) is 0.188. The van der Waals surface area contributed by atoms with Crippen LogP contribution < -0.4 is 10.6 Å². The number of likely N-dealkylation sites (tertiary alicyclic amines) is 1. The third-order valence-corrected chi connectivity index (χ3v) is 6.44. The third-order valence-electron chi connectivity index (χ3n) is 4.67. The number of hydrogen-bond donors (Lipinski definition) is 2. The van der Waals surface area contributed by atoms with Gasteiger partial charge in [-0.15, -0.1) is 24.0 Å². The zero-order chi connectivity index (χ0) is 17.6. The molecule has 7 nitrogen and oxygen atoms in total. The van der Waals surface area contributed by atoms with Gasteiger partial charge in [0, 0.05) is 38.1 Å². The summed E-state index contributed by atoms with van der Waals surface area (Å²) in [7, 11) is -2.90. The van der Waals surface area contributed by atoms with Gasteiger partial charge in [0.1, 0.15) is 0 Å². The van der Waals surface area contributed by atoms with Gasteiger partial charge in [0.05, 0.1) is 11.5 Å². The summed E-state index contributed by atoms with van der Waals surface area (Å²) in [6.45, 7) is 6.30. The Morgan fingerprint density at radius 1 is 1.40 bits per heavy atom. The molecular formula is C16H31IN4O3S. The number of carbonyl (C=O) groups is 1. The molecule has 2 saturated heterocycles. The Kier molecular flexibility index (Phi) is 9.47. The predicted molar refractivity (Wildman–Crippen MR) is 111 cm³/mol. The summed E-state index contributed by atoms with van der Waals surface area (Å²) in [6.07, 6.45) is 4.03. The minimum Gasteiger partial charge on any atom is -0.357 e. The van der Waals surface area contributed by atoms with E-state index in [0.717, 1.165) is 32.4 Å². The van der Waals surface area contributed by atoms with Crippen molar-refractivity contribution in [2.45, 2.75) is 58.0 Å². The van der Waals surface area contributed by atoms with E-state index in [-0.39, 0.29) is 53.5 Å². The Morgan fingerprint density at radius 3 is 2.68 bits per heavy atom. The lowest BCUT2D eigenvalue weighted by atomic mass is 10.1. The zero-order valence-electron chi connectivity index (χ0n) is 15.2. The first kappa shape index (κ1) is 22.5. The molecule has 2 N–H and O–H groups in total. The van der Waals surface area contributed by atoms with E-state index >= 15 is 0 Å². The summed E-state index contributed by atoms with van der Waals surface area (Å²) in [4.78, 5) is 18.4. The van der Waals surface area contributed by atoms with Crippen LogP contribution in [0, 0.1) is 0 Å². The summed E-state index contributed by atoms with van der Waals surface area (Å²) in [5.74, 6) is 1.35. The fourth-order valence-corrected chi connectivity index (χ4v) is 5.06. The second-order valence-electron chi connectivity index (χ2n) is 6.55. The van der Waals surface area contributed by atoms with Crippen LogP contribution in [-0.2, 0) is 14.6 Å². The summed E-state index contributed by atoms with van der Waals surface area (Å²) < 4.78 is 23.1. The Balaban J connectivity index is 0.00000312. The van der Waals surface area contributed by atoms with Gasteiger partial charge < -0.3 is 15.5 Å². The molecule has 0 spiro atoms. The summed E-state index contributed by atoms with van der Waals surface area (Å²) in [5.41, 5.74) is 0. The minimum atomic E-state index is -2.90. The van der Waals surface area contributed by atoms with Crippen molar-refractivity contribution in [3.05, 3.63) is 0 Å². The molecular weight excluding hydrogens is 455 g/mol. The van der Waals surface area contributed by atoms with Crippen molar-refractivity contribution < 1.29 is 13.2 Å². The molecule has 0 radical (unpaired) electrons. The standard InChI is InChI=1S/C16H30N4O3S.HI/c1-3-14(20-10-5-6-15(20)21)7-9-18-16(17-4-2)19-13-8-11-24(22,23)12-13;/h13-14H,3-12H2,1-2H3,(H2,17,18,19);1H. The van der Waals surface area contributed by atoms with Crippen LogP contribution in [0.2, 0.25) is 0 Å². The molecule has 0 aromatic carbocycles. The Hall–Kier alpha value is -0.580. The Morgan fingerprint density at radius 2 is 2.16 bits per heavy atom. The SMILES string of the molecule is CCNC(=NCCC(CC)N1CCCC1=O)NC1CCS(=O)(=O)C1.I. The molecule has 2 atom stereocenters. The number of carbonyl (C=O) groups excluding carboxylic acids is 1. The highest BCUT2D eigenvalue weighted by molar-refractivity contribution is 14.0. The van der Waals surface area contributed by atoms with Crippen molar-refractivity contribution in [3.8, 4) is 0 Å². The first-order valence-corrected chi connectivity index (χ1v) is 10.8. The van der Waals surface area contributed by atoms with E-state index in [1.807, 2.05) is 11.8 Å². The van der Waals surface area contributed by atoms with Crippen molar-refractivity contribution >= 4 is 45.7 Å². The van der Waals surface area contributed by atoms with Gasteiger partial charge in [0.15, 0.2) is 15.8 Å². The van der Waals surface area contributed by atoms with Gasteiger partial charge >= 0.3 is 0 Å². The highest BCUT2D eigenvalue weighted by atomic mass is 127. The van der Waals surface area contributed by atoms with E-state index in [4.69, 9.17) is 0 Å². The Labute approximate surface area is 168 Å². The Bertz CT molecular complexity index is 568. The van der Waals surface area contributed by atoms with Crippen molar-refractivity contribution in [2.24, 2.45) is 4.99 Å². The van der Waals surface area contributed by atoms with Crippen molar-refractivity contribution in [1.29, 1.82) is 0 Å². The molecule has 0 saturated carbocycles. The van der Waals surface area contributed by atoms with E-state index in [9.17, 15) is 13.2 Å². The van der Waals surface area contributed by atoms with Crippen LogP contribution >= 0.6 is 24.0 Å². The first-order valence-electron chi connectivity index (χ1n) is 9.00. The van der Waals surface area contributed by atoms with Crippen LogP contribution in [0.25, 0.3) is 0 Å². The number of halogens is 1. The van der Waals surface area contributed by atoms with E-state index in [1.54, 1.807) is 0 Å². The number of sulfone groups is 1. The largest absolute Gasteiger partial charge is 0.357 e. The van der Waals surface area contributed by atoms with Gasteiger partial charge in [-0.25, -0.2) is 8.42 Å². The topological polar surface area (TPSA) is 90.9 Å². The quantitative estimate of drug-likeness (QED) is 0.320. The molecule has 2 rings (SSSR count). The van der Waals surface area contributed by atoms with Gasteiger partial charge in [-0.2, -0.15) is 0 Å². The number of guanidine groups is 1. The van der Waals surface area contributed by atoms with Gasteiger partial charge in [-0.3, -0.25) is 9.79 Å². The number of aliphatic imine (C=N–C) groups is 1. The van der Waals surface area contributed by atoms with Gasteiger partial charge in [0.2, 0.25) is 5.91 Å². The maximum atomic E-state index is 11.9. The lowest BCUT2D eigenvalue weighted by molar-refractivity contribution is -0.129. The molecule has 25 heavy (non-hydrogen) atoms. The lowest BCUT2D eigenvalue weighted by Crippen LogP contribution is -2.44. The smallest absolute Gasteiger partial charge is 0.222 e. The maximum absolute atomic E-state index is 11.9. The molecule has 0 aliphatic carbocycles. The number of amides is 1. The average molecular weight is 486 g/mol. The van der Waals surface area contributed by atoms with Gasteiger partial charge in [0.25, 0.3) is 0 Å². The normalized spacial score (nSPS) is 24.1. The van der Waals surface area contributed by atoms with Gasteiger partial charge in [-0.1, -0.05) is 6.92 Å². The lowest BCUT2D eigenvalue weighted by Gasteiger charge is -2.26. The molecule has 2 fully saturated rings. The van der Waals surface area contributed by atoms with Crippen LogP contribution in [0.15, 0.2) is 4.99 Å². The number of hydrogen-bond acceptors (Lipinski definition) is 4. The molecule has 2 aliphatic rings. The van der Waals surface area contributed by atoms with E-state index in [2.05, 4.69) is 22.5 Å². The second kappa shape index (κ2) is 10.5. The molecule has 1 amide bonds. The molecule has 0 aromatic rings. The third kappa shape index (κ3) is 6.92. The number of nitrogens with one attached hydrogen (secondary N) is 2. The van der Waals surface area contributed by atoms with E-state index in [1.165, 1.54) is 0 Å². The van der Waals surface area contributed by atoms with Crippen LogP contribution in [0.3, 0.4) is 0 Å². The summed E-state index contributed by atoms with van der Waals surface area (Å²) >= 11 is 0. The maximum Gasteiger partial charge on any atom is 0.222 e. The molecule has 2 unspecified atom stereocenters. The molecule has 9 heteroatoms. The molecule has 2 heterocycles. The predicted octanol–water partition coefficient (Wildman–Crippen LogP) is 1.14. The fraction of sp³-hybridized carbons (Fsp3) is 0.875. The molecule has 0 aromatic heterocycles. The number of nitrogens with zero attached hydrogens (tertiary/aromatic N) is 2. The van der Waals surface area contributed by atoms with Crippen LogP contribution in [0.1, 0.15) is 46.0 Å². The van der Waals surface area contributed by atoms with Crippen molar-refractivity contribution in [2.75, 3.05) is 31.1 Å². The van der Waals surface area contributed by atoms with E-state index in [0.29, 0.717) is 25.3 Å². The zero-order valence-corrected chi connectivity index (χ0v) is 18.3. The average Bonchev–Trinajstić information content (AvgIpc) is 3.09. The van der Waals surface area contributed by atoms with E-state index < -0.39 is 9.84 Å². The monoisotopic (exact) mass is 486 g/mol. The first-order chi connectivity index (χ1) is 11.4. The number of rotatable bonds is 7. The molecule has 146 valence electrons. The van der Waals surface area contributed by atoms with Crippen molar-refractivity contribution in [3.63, 3.8) is 0 Å². The summed E-state index contributed by atoms with van der Waals surface area (Å²) in [5, 5.41) is 6.39. The van der Waals surface area contributed by atoms with Crippen LogP contribution in [0.4, 0.5) is 0 Å². The highest BCUT2D eigenvalue weighted by Crippen LogP contribution is 2.18. The molecule has 2 aliphatic heterocycles. The fourth-order valence-electron chi connectivity index (χ4n) is 3.38. The second-order valence-corrected chi connectivity index (χ2v) is 8.78. The minimum absolute atomic E-state index is 0. The van der Waals surface area contributed by atoms with Crippen LogP contribution in [-0.4, -0.2) is 68.4 Å². The van der Waals surface area contributed by atoms with Crippen LogP contribution in [0.5, 0.6) is 0 Å². The molecule has 0 bridgehead atoms. The highest BCUT2D eigenvalue weighted by Gasteiger charge is 2.29. The van der Waals surface area contributed by atoms with Crippen molar-refractivity contribution in [1.82, 2.24) is 15.5 Å². The van der Waals surface area contributed by atoms with Gasteiger partial charge in [-0.05, 0) is 32.6 Å².